The van der Waals surface area contributed by atoms with E-state index in [1.807, 2.05) is 6.07 Å². The van der Waals surface area contributed by atoms with E-state index in [9.17, 15) is 19.5 Å². The second-order valence-corrected chi connectivity index (χ2v) is 12.6. The van der Waals surface area contributed by atoms with Crippen molar-refractivity contribution in [1.82, 2.24) is 5.32 Å². The Hall–Kier alpha value is -2.35. The van der Waals surface area contributed by atoms with Gasteiger partial charge in [-0.25, -0.2) is 9.59 Å². The molecule has 204 valence electrons. The highest BCUT2D eigenvalue weighted by atomic mass is 16.6. The summed E-state index contributed by atoms with van der Waals surface area (Å²) >= 11 is 0. The van der Waals surface area contributed by atoms with Crippen LogP contribution in [0.3, 0.4) is 0 Å². The number of alkyl carbamates (subject to hydrolysis) is 1. The van der Waals surface area contributed by atoms with Gasteiger partial charge in [-0.1, -0.05) is 13.8 Å². The smallest absolute Gasteiger partial charge is 0.407 e. The molecule has 4 fully saturated rings. The maximum Gasteiger partial charge on any atom is 0.407 e. The molecule has 4 saturated carbocycles. The Morgan fingerprint density at radius 3 is 2.62 bits per heavy atom. The van der Waals surface area contributed by atoms with Gasteiger partial charge in [-0.3, -0.25) is 4.79 Å². The van der Waals surface area contributed by atoms with Crippen molar-refractivity contribution < 1.29 is 29.0 Å². The first kappa shape index (κ1) is 26.3. The van der Waals surface area contributed by atoms with Crippen molar-refractivity contribution in [3.63, 3.8) is 0 Å². The molecule has 5 rings (SSSR count). The van der Waals surface area contributed by atoms with Gasteiger partial charge >= 0.3 is 17.7 Å². The summed E-state index contributed by atoms with van der Waals surface area (Å²) in [4.78, 5) is 34.4. The molecule has 4 aliphatic rings. The number of carboxylic acid groups (broad SMARTS) is 1. The third-order valence-electron chi connectivity index (χ3n) is 11.0. The van der Waals surface area contributed by atoms with Crippen molar-refractivity contribution in [3.8, 4) is 0 Å². The average Bonchev–Trinajstić information content (AvgIpc) is 3.14. The fourth-order valence-corrected chi connectivity index (χ4v) is 9.02. The maximum atomic E-state index is 12.4. The number of aliphatic hydroxyl groups is 1. The third kappa shape index (κ3) is 4.49. The minimum atomic E-state index is -0.869. The van der Waals surface area contributed by atoms with Gasteiger partial charge in [0.05, 0.1) is 11.9 Å². The molecule has 0 saturated heterocycles. The van der Waals surface area contributed by atoms with Gasteiger partial charge in [0.25, 0.3) is 0 Å². The molecule has 0 bridgehead atoms. The summed E-state index contributed by atoms with van der Waals surface area (Å²) < 4.78 is 10.9. The highest BCUT2D eigenvalue weighted by molar-refractivity contribution is 5.68. The van der Waals surface area contributed by atoms with E-state index in [0.29, 0.717) is 24.8 Å². The molecule has 0 radical (unpaired) electrons. The molecular formula is C29H41NO7. The summed E-state index contributed by atoms with van der Waals surface area (Å²) in [7, 11) is 0. The number of fused-ring (bicyclic) bond motifs is 5. The molecule has 0 aromatic carbocycles. The predicted molar refractivity (Wildman–Crippen MR) is 136 cm³/mol. The lowest BCUT2D eigenvalue weighted by Gasteiger charge is -2.63. The number of amides is 1. The number of aliphatic carboxylic acids is 1. The van der Waals surface area contributed by atoms with Gasteiger partial charge in [0.2, 0.25) is 0 Å². The molecule has 1 aromatic rings. The van der Waals surface area contributed by atoms with Gasteiger partial charge in [-0.05, 0) is 105 Å². The highest BCUT2D eigenvalue weighted by Crippen LogP contribution is 2.70. The zero-order chi connectivity index (χ0) is 26.4. The average molecular weight is 516 g/mol. The number of rotatable bonds is 6. The molecule has 8 atom stereocenters. The van der Waals surface area contributed by atoms with E-state index in [2.05, 4.69) is 19.2 Å². The number of hydrogen-bond acceptors (Lipinski definition) is 6. The Balaban J connectivity index is 1.24. The van der Waals surface area contributed by atoms with Gasteiger partial charge < -0.3 is 24.7 Å². The molecule has 4 aliphatic carbocycles. The van der Waals surface area contributed by atoms with Crippen molar-refractivity contribution in [2.24, 2.45) is 28.6 Å². The van der Waals surface area contributed by atoms with Crippen LogP contribution >= 0.6 is 0 Å². The van der Waals surface area contributed by atoms with Crippen molar-refractivity contribution in [3.05, 3.63) is 34.4 Å². The van der Waals surface area contributed by atoms with E-state index in [-0.39, 0.29) is 40.8 Å². The summed E-state index contributed by atoms with van der Waals surface area (Å²) in [6.45, 7) is 4.96. The molecular weight excluding hydrogens is 474 g/mol. The molecule has 0 spiro atoms. The third-order valence-corrected chi connectivity index (χ3v) is 11.0. The Bertz CT molecular complexity index is 1070. The molecule has 37 heavy (non-hydrogen) atoms. The van der Waals surface area contributed by atoms with Gasteiger partial charge in [-0.15, -0.1) is 0 Å². The monoisotopic (exact) mass is 515 g/mol. The minimum absolute atomic E-state index is 0.0284. The van der Waals surface area contributed by atoms with Gasteiger partial charge in [-0.2, -0.15) is 0 Å². The topological polar surface area (TPSA) is 126 Å². The second kappa shape index (κ2) is 9.75. The van der Waals surface area contributed by atoms with E-state index < -0.39 is 17.7 Å². The lowest BCUT2D eigenvalue weighted by atomic mass is 9.43. The summed E-state index contributed by atoms with van der Waals surface area (Å²) in [5, 5.41) is 23.8. The van der Waals surface area contributed by atoms with Crippen LogP contribution in [-0.2, 0) is 9.53 Å². The number of ether oxygens (including phenoxy) is 1. The Labute approximate surface area is 218 Å². The summed E-state index contributed by atoms with van der Waals surface area (Å²) in [6.07, 6.45) is 9.83. The standard InChI is InChI=1S/C29H41NO7/c1-27-12-9-20(37-26(34)30-15-3-4-24(31)32)16-19(27)6-7-23-22(27)10-13-28(2)21(11-14-29(23,28)35)18-5-8-25(33)36-17-18/h5,8,17,19-23,35H,3-4,6-7,9-16H2,1-2H3,(H,30,34)(H,31,32)/t19-,20+,21-,22+,23-,27+,28?,29+/m1/s1. The lowest BCUT2D eigenvalue weighted by Crippen LogP contribution is -2.62. The Kier molecular flexibility index (Phi) is 6.92. The van der Waals surface area contributed by atoms with Gasteiger partial charge in [0.1, 0.15) is 6.10 Å². The van der Waals surface area contributed by atoms with Crippen LogP contribution in [0.2, 0.25) is 0 Å². The van der Waals surface area contributed by atoms with Crippen LogP contribution in [0.15, 0.2) is 27.6 Å². The number of carbonyl (C=O) groups excluding carboxylic acids is 1. The summed E-state index contributed by atoms with van der Waals surface area (Å²) in [5.74, 6) is 0.477. The molecule has 1 aromatic heterocycles. The molecule has 8 nitrogen and oxygen atoms in total. The molecule has 8 heteroatoms. The molecule has 1 heterocycles. The number of nitrogens with one attached hydrogen (secondary N) is 1. The first-order chi connectivity index (χ1) is 17.6. The largest absolute Gasteiger partial charge is 0.481 e. The van der Waals surface area contributed by atoms with Crippen LogP contribution in [0.4, 0.5) is 4.79 Å². The molecule has 1 unspecified atom stereocenters. The lowest BCUT2D eigenvalue weighted by molar-refractivity contribution is -0.205. The SMILES string of the molecule is CC12CC[C@H]3[C@@H](CC[C@@H]4C[C@@H](OC(=O)NCCCC(=O)O)CC[C@@]43C)[C@@]1(O)CC[C@@H]2c1ccc(=O)oc1. The minimum Gasteiger partial charge on any atom is -0.481 e. The van der Waals surface area contributed by atoms with E-state index in [1.54, 1.807) is 6.26 Å². The van der Waals surface area contributed by atoms with Crippen LogP contribution in [-0.4, -0.2) is 40.5 Å². The van der Waals surface area contributed by atoms with Gasteiger partial charge in [0, 0.05) is 24.4 Å². The molecule has 3 N–H and O–H groups in total. The maximum absolute atomic E-state index is 12.4. The fourth-order valence-electron chi connectivity index (χ4n) is 9.02. The van der Waals surface area contributed by atoms with Crippen molar-refractivity contribution >= 4 is 12.1 Å². The van der Waals surface area contributed by atoms with E-state index >= 15 is 0 Å². The van der Waals surface area contributed by atoms with Crippen LogP contribution in [0.1, 0.15) is 96.0 Å². The number of carbonyl (C=O) groups is 2. The second-order valence-electron chi connectivity index (χ2n) is 12.6. The first-order valence-corrected chi connectivity index (χ1v) is 14.0. The zero-order valence-corrected chi connectivity index (χ0v) is 22.0. The first-order valence-electron chi connectivity index (χ1n) is 14.0. The normalized spacial score (nSPS) is 40.7. The molecule has 1 amide bonds. The Morgan fingerprint density at radius 2 is 1.89 bits per heavy atom. The van der Waals surface area contributed by atoms with E-state index in [1.165, 1.54) is 6.07 Å². The van der Waals surface area contributed by atoms with Gasteiger partial charge in [0.15, 0.2) is 0 Å². The van der Waals surface area contributed by atoms with Crippen LogP contribution in [0.25, 0.3) is 0 Å². The summed E-state index contributed by atoms with van der Waals surface area (Å²) in [5.41, 5.74) is -0.165. The quantitative estimate of drug-likeness (QED) is 0.463. The van der Waals surface area contributed by atoms with Crippen molar-refractivity contribution in [2.75, 3.05) is 6.54 Å². The van der Waals surface area contributed by atoms with Crippen LogP contribution < -0.4 is 10.9 Å². The van der Waals surface area contributed by atoms with Crippen molar-refractivity contribution in [2.45, 2.75) is 102 Å². The highest BCUT2D eigenvalue weighted by Gasteiger charge is 2.67. The fraction of sp³-hybridized carbons (Fsp3) is 0.759. The number of carboxylic acids is 1. The van der Waals surface area contributed by atoms with Crippen LogP contribution in [0.5, 0.6) is 0 Å². The zero-order valence-electron chi connectivity index (χ0n) is 22.0. The Morgan fingerprint density at radius 1 is 1.08 bits per heavy atom. The van der Waals surface area contributed by atoms with E-state index in [0.717, 1.165) is 63.4 Å². The summed E-state index contributed by atoms with van der Waals surface area (Å²) in [6, 6.07) is 3.37. The van der Waals surface area contributed by atoms with Crippen LogP contribution in [0, 0.1) is 28.6 Å². The predicted octanol–water partition coefficient (Wildman–Crippen LogP) is 4.84. The van der Waals surface area contributed by atoms with E-state index in [4.69, 9.17) is 14.3 Å². The molecule has 0 aliphatic heterocycles. The van der Waals surface area contributed by atoms with Crippen molar-refractivity contribution in [1.29, 1.82) is 0 Å². The number of hydrogen-bond donors (Lipinski definition) is 3.